The molecule has 0 unspecified atom stereocenters. The lowest BCUT2D eigenvalue weighted by Crippen LogP contribution is -2.22. The van der Waals surface area contributed by atoms with Crippen LogP contribution in [0.2, 0.25) is 0 Å². The number of fused-ring (bicyclic) bond motifs is 1. The van der Waals surface area contributed by atoms with E-state index in [1.165, 1.54) is 0 Å². The third kappa shape index (κ3) is 1.93. The molecule has 0 spiro atoms. The molecule has 18 heavy (non-hydrogen) atoms. The second-order valence-corrected chi connectivity index (χ2v) is 4.12. The standard InChI is InChI=1S/C12H11N3O3/c13-15-14-10-3-8-1-2-18-12(8)11(4-10)9-5-16-7-17-6-9/h1-4,9H,5-7H2. The normalized spacial score (nSPS) is 16.7. The Labute approximate surface area is 103 Å². The van der Waals surface area contributed by atoms with Crippen LogP contribution in [0.4, 0.5) is 5.69 Å². The minimum atomic E-state index is 0.0984. The molecule has 3 rings (SSSR count). The van der Waals surface area contributed by atoms with E-state index in [1.807, 2.05) is 12.1 Å². The van der Waals surface area contributed by atoms with E-state index >= 15 is 0 Å². The lowest BCUT2D eigenvalue weighted by atomic mass is 9.98. The van der Waals surface area contributed by atoms with Gasteiger partial charge in [-0.25, -0.2) is 0 Å². The summed E-state index contributed by atoms with van der Waals surface area (Å²) in [5, 5.41) is 4.57. The molecule has 1 aliphatic heterocycles. The van der Waals surface area contributed by atoms with Gasteiger partial charge in [0.15, 0.2) is 0 Å². The fourth-order valence-corrected chi connectivity index (χ4v) is 2.17. The minimum absolute atomic E-state index is 0.0984. The molecule has 2 heterocycles. The highest BCUT2D eigenvalue weighted by atomic mass is 16.7. The molecule has 6 heteroatoms. The summed E-state index contributed by atoms with van der Waals surface area (Å²) in [6.45, 7) is 1.48. The third-order valence-electron chi connectivity index (χ3n) is 2.97. The van der Waals surface area contributed by atoms with Crippen LogP contribution in [0.1, 0.15) is 11.5 Å². The van der Waals surface area contributed by atoms with E-state index < -0.39 is 0 Å². The van der Waals surface area contributed by atoms with Crippen LogP contribution in [0.25, 0.3) is 21.4 Å². The van der Waals surface area contributed by atoms with Crippen LogP contribution in [-0.2, 0) is 9.47 Å². The molecule has 1 saturated heterocycles. The Hall–Kier alpha value is -2.01. The second-order valence-electron chi connectivity index (χ2n) is 4.12. The van der Waals surface area contributed by atoms with Gasteiger partial charge >= 0.3 is 0 Å². The molecular formula is C12H11N3O3. The Morgan fingerprint density at radius 1 is 1.28 bits per heavy atom. The summed E-state index contributed by atoms with van der Waals surface area (Å²) in [6.07, 6.45) is 1.62. The summed E-state index contributed by atoms with van der Waals surface area (Å²) in [5.74, 6) is 0.0984. The van der Waals surface area contributed by atoms with Crippen molar-refractivity contribution in [3.63, 3.8) is 0 Å². The predicted octanol–water partition coefficient (Wildman–Crippen LogP) is 3.46. The fourth-order valence-electron chi connectivity index (χ4n) is 2.17. The van der Waals surface area contributed by atoms with Gasteiger partial charge in [-0.05, 0) is 23.7 Å². The van der Waals surface area contributed by atoms with Crippen molar-refractivity contribution in [2.24, 2.45) is 5.11 Å². The Morgan fingerprint density at radius 2 is 2.11 bits per heavy atom. The van der Waals surface area contributed by atoms with Crippen molar-refractivity contribution in [2.75, 3.05) is 20.0 Å². The average molecular weight is 245 g/mol. The van der Waals surface area contributed by atoms with Crippen LogP contribution in [0, 0.1) is 0 Å². The van der Waals surface area contributed by atoms with Gasteiger partial charge in [-0.3, -0.25) is 0 Å². The Balaban J connectivity index is 2.12. The summed E-state index contributed by atoms with van der Waals surface area (Å²) < 4.78 is 16.1. The molecule has 0 N–H and O–H groups in total. The molecule has 0 atom stereocenters. The van der Waals surface area contributed by atoms with Crippen molar-refractivity contribution in [3.05, 3.63) is 40.5 Å². The molecule has 1 aromatic carbocycles. The summed E-state index contributed by atoms with van der Waals surface area (Å²) in [4.78, 5) is 2.82. The molecule has 1 aromatic heterocycles. The maximum atomic E-state index is 8.53. The van der Waals surface area contributed by atoms with Crippen molar-refractivity contribution in [1.82, 2.24) is 0 Å². The van der Waals surface area contributed by atoms with Crippen molar-refractivity contribution in [3.8, 4) is 0 Å². The quantitative estimate of drug-likeness (QED) is 0.461. The summed E-state index contributed by atoms with van der Waals surface area (Å²) in [6, 6.07) is 5.47. The molecule has 0 aliphatic carbocycles. The molecule has 6 nitrogen and oxygen atoms in total. The molecule has 0 bridgehead atoms. The van der Waals surface area contributed by atoms with Crippen molar-refractivity contribution in [1.29, 1.82) is 0 Å². The maximum absolute atomic E-state index is 8.53. The monoisotopic (exact) mass is 245 g/mol. The Morgan fingerprint density at radius 3 is 2.89 bits per heavy atom. The molecule has 1 fully saturated rings. The van der Waals surface area contributed by atoms with Crippen molar-refractivity contribution in [2.45, 2.75) is 5.92 Å². The highest BCUT2D eigenvalue weighted by molar-refractivity contribution is 5.84. The number of nitrogens with zero attached hydrogens (tertiary/aromatic N) is 3. The van der Waals surface area contributed by atoms with Crippen molar-refractivity contribution < 1.29 is 13.9 Å². The summed E-state index contributed by atoms with van der Waals surface area (Å²) >= 11 is 0. The number of furan rings is 1. The van der Waals surface area contributed by atoms with Gasteiger partial charge in [-0.15, -0.1) is 0 Å². The van der Waals surface area contributed by atoms with Gasteiger partial charge < -0.3 is 13.9 Å². The van der Waals surface area contributed by atoms with Gasteiger partial charge in [0, 0.05) is 27.5 Å². The summed E-state index contributed by atoms with van der Waals surface area (Å²) in [7, 11) is 0. The first-order valence-electron chi connectivity index (χ1n) is 5.60. The number of ether oxygens (including phenoxy) is 2. The van der Waals surface area contributed by atoms with Crippen LogP contribution in [0.15, 0.2) is 34.0 Å². The number of hydrogen-bond donors (Lipinski definition) is 0. The van der Waals surface area contributed by atoms with E-state index in [9.17, 15) is 0 Å². The molecule has 2 aromatic rings. The van der Waals surface area contributed by atoms with Gasteiger partial charge in [-0.1, -0.05) is 5.11 Å². The Bertz CT molecular complexity index is 610. The second kappa shape index (κ2) is 4.70. The smallest absolute Gasteiger partial charge is 0.146 e. The lowest BCUT2D eigenvalue weighted by molar-refractivity contribution is -0.108. The van der Waals surface area contributed by atoms with Gasteiger partial charge in [0.05, 0.1) is 19.5 Å². The van der Waals surface area contributed by atoms with Crippen LogP contribution in [0.5, 0.6) is 0 Å². The van der Waals surface area contributed by atoms with Crippen molar-refractivity contribution >= 4 is 16.7 Å². The largest absolute Gasteiger partial charge is 0.464 e. The topological polar surface area (TPSA) is 80.4 Å². The molecule has 1 aliphatic rings. The van der Waals surface area contributed by atoms with E-state index in [4.69, 9.17) is 19.4 Å². The number of benzene rings is 1. The van der Waals surface area contributed by atoms with Crippen LogP contribution in [0.3, 0.4) is 0 Å². The molecule has 0 radical (unpaired) electrons. The SMILES string of the molecule is [N-]=[N+]=Nc1cc(C2COCOC2)c2occc2c1. The third-order valence-corrected chi connectivity index (χ3v) is 2.97. The number of azide groups is 1. The van der Waals surface area contributed by atoms with E-state index in [0.717, 1.165) is 16.5 Å². The van der Waals surface area contributed by atoms with E-state index in [1.54, 1.807) is 12.3 Å². The highest BCUT2D eigenvalue weighted by Crippen LogP contribution is 2.33. The van der Waals surface area contributed by atoms with E-state index in [-0.39, 0.29) is 5.92 Å². The summed E-state index contributed by atoms with van der Waals surface area (Å²) in [5.41, 5.74) is 10.9. The highest BCUT2D eigenvalue weighted by Gasteiger charge is 2.21. The zero-order chi connectivity index (χ0) is 12.4. The zero-order valence-electron chi connectivity index (χ0n) is 9.57. The lowest BCUT2D eigenvalue weighted by Gasteiger charge is -2.23. The first kappa shape index (κ1) is 11.1. The molecule has 0 amide bonds. The molecular weight excluding hydrogens is 234 g/mol. The fraction of sp³-hybridized carbons (Fsp3) is 0.333. The van der Waals surface area contributed by atoms with Crippen LogP contribution < -0.4 is 0 Å². The van der Waals surface area contributed by atoms with Gasteiger partial charge in [0.25, 0.3) is 0 Å². The zero-order valence-corrected chi connectivity index (χ0v) is 9.57. The Kier molecular flexibility index (Phi) is 2.90. The predicted molar refractivity (Wildman–Crippen MR) is 64.5 cm³/mol. The first-order valence-corrected chi connectivity index (χ1v) is 5.60. The van der Waals surface area contributed by atoms with Gasteiger partial charge in [0.1, 0.15) is 12.4 Å². The molecule has 0 saturated carbocycles. The van der Waals surface area contributed by atoms with Crippen LogP contribution in [-0.4, -0.2) is 20.0 Å². The van der Waals surface area contributed by atoms with E-state index in [2.05, 4.69) is 10.0 Å². The molecule has 92 valence electrons. The first-order chi connectivity index (χ1) is 8.88. The van der Waals surface area contributed by atoms with Gasteiger partial charge in [0.2, 0.25) is 0 Å². The average Bonchev–Trinajstić information content (AvgIpc) is 2.87. The number of hydrogen-bond acceptors (Lipinski definition) is 4. The minimum Gasteiger partial charge on any atom is -0.464 e. The maximum Gasteiger partial charge on any atom is 0.146 e. The number of rotatable bonds is 2. The van der Waals surface area contributed by atoms with Gasteiger partial charge in [-0.2, -0.15) is 0 Å². The van der Waals surface area contributed by atoms with Crippen LogP contribution >= 0.6 is 0 Å². The van der Waals surface area contributed by atoms with E-state index in [0.29, 0.717) is 25.7 Å².